The van der Waals surface area contributed by atoms with Crippen LogP contribution in [0.3, 0.4) is 0 Å². The maximum Gasteiger partial charge on any atom is 0.306 e. The number of allylic oxidation sites excluding steroid dienone is 12. The van der Waals surface area contributed by atoms with E-state index in [1.54, 1.807) is 0 Å². The molecular formula is C61H106O6. The molecule has 0 aromatic rings. The summed E-state index contributed by atoms with van der Waals surface area (Å²) in [6, 6.07) is 0. The fourth-order valence-corrected chi connectivity index (χ4v) is 8.03. The molecule has 386 valence electrons. The average molecular weight is 936 g/mol. The number of carbonyl (C=O) groups is 3. The summed E-state index contributed by atoms with van der Waals surface area (Å²) in [6.45, 7) is 6.47. The Morgan fingerprint density at radius 1 is 0.313 bits per heavy atom. The monoisotopic (exact) mass is 935 g/mol. The lowest BCUT2D eigenvalue weighted by molar-refractivity contribution is -0.167. The number of hydrogen-bond donors (Lipinski definition) is 0. The third kappa shape index (κ3) is 53.7. The van der Waals surface area contributed by atoms with Crippen molar-refractivity contribution in [3.63, 3.8) is 0 Å². The highest BCUT2D eigenvalue weighted by atomic mass is 16.6. The van der Waals surface area contributed by atoms with E-state index in [1.807, 2.05) is 30.4 Å². The molecule has 0 heterocycles. The molecule has 1 atom stereocenters. The fourth-order valence-electron chi connectivity index (χ4n) is 8.03. The molecule has 0 aromatic carbocycles. The molecule has 0 N–H and O–H groups in total. The Bertz CT molecular complexity index is 1260. The Morgan fingerprint density at radius 2 is 0.582 bits per heavy atom. The molecule has 0 radical (unpaired) electrons. The summed E-state index contributed by atoms with van der Waals surface area (Å²) in [5, 5.41) is 0. The minimum absolute atomic E-state index is 0.0944. The summed E-state index contributed by atoms with van der Waals surface area (Å²) in [7, 11) is 0. The van der Waals surface area contributed by atoms with Gasteiger partial charge in [0.15, 0.2) is 6.10 Å². The number of ether oxygens (including phenoxy) is 3. The van der Waals surface area contributed by atoms with Gasteiger partial charge < -0.3 is 14.2 Å². The van der Waals surface area contributed by atoms with Gasteiger partial charge in [-0.2, -0.15) is 0 Å². The maximum absolute atomic E-state index is 12.9. The van der Waals surface area contributed by atoms with Gasteiger partial charge in [-0.25, -0.2) is 0 Å². The topological polar surface area (TPSA) is 78.9 Å². The first-order valence-electron chi connectivity index (χ1n) is 28.5. The number of esters is 3. The molecule has 0 aromatic heterocycles. The lowest BCUT2D eigenvalue weighted by atomic mass is 10.0. The van der Waals surface area contributed by atoms with Crippen molar-refractivity contribution in [2.75, 3.05) is 13.2 Å². The largest absolute Gasteiger partial charge is 0.462 e. The molecule has 6 heteroatoms. The molecule has 0 fully saturated rings. The highest BCUT2D eigenvalue weighted by Crippen LogP contribution is 2.16. The van der Waals surface area contributed by atoms with Crippen molar-refractivity contribution in [1.29, 1.82) is 0 Å². The van der Waals surface area contributed by atoms with E-state index in [0.29, 0.717) is 19.3 Å². The van der Waals surface area contributed by atoms with E-state index in [4.69, 9.17) is 14.2 Å². The van der Waals surface area contributed by atoms with Crippen LogP contribution in [0.5, 0.6) is 0 Å². The van der Waals surface area contributed by atoms with Crippen LogP contribution in [0.25, 0.3) is 0 Å². The number of carbonyl (C=O) groups excluding carboxylic acids is 3. The third-order valence-electron chi connectivity index (χ3n) is 12.3. The van der Waals surface area contributed by atoms with Gasteiger partial charge >= 0.3 is 17.9 Å². The van der Waals surface area contributed by atoms with Gasteiger partial charge in [0, 0.05) is 19.3 Å². The van der Waals surface area contributed by atoms with E-state index in [-0.39, 0.29) is 31.1 Å². The van der Waals surface area contributed by atoms with Crippen LogP contribution in [-0.4, -0.2) is 37.2 Å². The van der Waals surface area contributed by atoms with Crippen molar-refractivity contribution in [3.8, 4) is 0 Å². The predicted octanol–water partition coefficient (Wildman–Crippen LogP) is 19.0. The van der Waals surface area contributed by atoms with Crippen molar-refractivity contribution in [2.24, 2.45) is 0 Å². The standard InChI is InChI=1S/C61H106O6/c1-4-7-10-13-16-19-22-25-27-29-31-33-36-39-42-45-48-51-54-60(63)66-57-58(56-65-59(62)53-50-47-44-41-38-35-24-21-18-15-12-9-6-3)67-61(64)55-52-49-46-43-40-37-34-32-30-28-26-23-20-17-14-11-8-5-2/h9,12,15,18,21,24,27,29,31,33,35,38,58H,4-8,10-11,13-14,16-17,19-20,22-23,25-26,28,30,32,34,36-37,39-57H2,1-3H3/b12-9+,18-15+,24-21+,29-27+,33-31+,38-35+. The highest BCUT2D eigenvalue weighted by molar-refractivity contribution is 5.71. The van der Waals surface area contributed by atoms with Crippen LogP contribution in [0.4, 0.5) is 0 Å². The Kier molecular flexibility index (Phi) is 52.8. The minimum Gasteiger partial charge on any atom is -0.462 e. The van der Waals surface area contributed by atoms with Crippen LogP contribution in [0, 0.1) is 0 Å². The van der Waals surface area contributed by atoms with Crippen LogP contribution in [0.1, 0.15) is 278 Å². The summed E-state index contributed by atoms with van der Waals surface area (Å²) >= 11 is 0. The van der Waals surface area contributed by atoms with Crippen LogP contribution < -0.4 is 0 Å². The van der Waals surface area contributed by atoms with E-state index < -0.39 is 6.10 Å². The van der Waals surface area contributed by atoms with Crippen LogP contribution >= 0.6 is 0 Å². The lowest BCUT2D eigenvalue weighted by Gasteiger charge is -2.18. The van der Waals surface area contributed by atoms with Gasteiger partial charge in [-0.1, -0.05) is 267 Å². The zero-order chi connectivity index (χ0) is 48.6. The molecule has 0 amide bonds. The molecule has 0 rings (SSSR count). The second kappa shape index (κ2) is 55.4. The smallest absolute Gasteiger partial charge is 0.306 e. The Hall–Kier alpha value is -3.15. The van der Waals surface area contributed by atoms with Crippen molar-refractivity contribution < 1.29 is 28.6 Å². The van der Waals surface area contributed by atoms with Crippen molar-refractivity contribution in [1.82, 2.24) is 0 Å². The molecule has 0 aliphatic carbocycles. The second-order valence-electron chi connectivity index (χ2n) is 18.9. The number of hydrogen-bond acceptors (Lipinski definition) is 6. The van der Waals surface area contributed by atoms with Crippen LogP contribution in [-0.2, 0) is 28.6 Å². The van der Waals surface area contributed by atoms with Crippen LogP contribution in [0.15, 0.2) is 72.9 Å². The molecule has 0 aliphatic rings. The van der Waals surface area contributed by atoms with Gasteiger partial charge in [0.25, 0.3) is 0 Å². The summed E-state index contributed by atoms with van der Waals surface area (Å²) < 4.78 is 16.8. The number of rotatable bonds is 51. The highest BCUT2D eigenvalue weighted by Gasteiger charge is 2.19. The zero-order valence-corrected chi connectivity index (χ0v) is 44.2. The molecule has 0 saturated carbocycles. The van der Waals surface area contributed by atoms with Gasteiger partial charge in [-0.05, 0) is 64.2 Å². The van der Waals surface area contributed by atoms with E-state index in [2.05, 4.69) is 63.3 Å². The molecule has 0 bridgehead atoms. The summed E-state index contributed by atoms with van der Waals surface area (Å²) in [5.41, 5.74) is 0. The first kappa shape index (κ1) is 63.8. The maximum atomic E-state index is 12.9. The summed E-state index contributed by atoms with van der Waals surface area (Å²) in [4.78, 5) is 38.1. The van der Waals surface area contributed by atoms with E-state index in [0.717, 1.165) is 89.9 Å². The predicted molar refractivity (Wildman–Crippen MR) is 288 cm³/mol. The quantitative estimate of drug-likeness (QED) is 0.0262. The van der Waals surface area contributed by atoms with Gasteiger partial charge in [0.1, 0.15) is 13.2 Å². The molecule has 0 saturated heterocycles. The van der Waals surface area contributed by atoms with Crippen molar-refractivity contribution >= 4 is 17.9 Å². The SMILES string of the molecule is CC/C=C/C=C/C=C/C=C/CCCCCC(=O)OCC(COC(=O)CCCCCCC/C=C/C=C/CCCCCCCCC)OC(=O)CCCCCCCCCCCCCCCCCCCC. The Labute approximate surface area is 414 Å². The number of unbranched alkanes of at least 4 members (excludes halogenated alkanes) is 32. The van der Waals surface area contributed by atoms with Crippen molar-refractivity contribution in [3.05, 3.63) is 72.9 Å². The van der Waals surface area contributed by atoms with Crippen LogP contribution in [0.2, 0.25) is 0 Å². The van der Waals surface area contributed by atoms with Gasteiger partial charge in [-0.15, -0.1) is 0 Å². The molecule has 0 aliphatic heterocycles. The van der Waals surface area contributed by atoms with Gasteiger partial charge in [0.2, 0.25) is 0 Å². The first-order valence-corrected chi connectivity index (χ1v) is 28.5. The van der Waals surface area contributed by atoms with Gasteiger partial charge in [0.05, 0.1) is 0 Å². The van der Waals surface area contributed by atoms with Crippen molar-refractivity contribution in [2.45, 2.75) is 284 Å². The lowest BCUT2D eigenvalue weighted by Crippen LogP contribution is -2.30. The van der Waals surface area contributed by atoms with Gasteiger partial charge in [-0.3, -0.25) is 14.4 Å². The minimum atomic E-state index is -0.796. The average Bonchev–Trinajstić information content (AvgIpc) is 3.33. The normalized spacial score (nSPS) is 12.6. The molecule has 0 spiro atoms. The molecule has 67 heavy (non-hydrogen) atoms. The molecular weight excluding hydrogens is 829 g/mol. The Morgan fingerprint density at radius 3 is 0.940 bits per heavy atom. The third-order valence-corrected chi connectivity index (χ3v) is 12.3. The summed E-state index contributed by atoms with van der Waals surface area (Å²) in [5.74, 6) is -0.938. The summed E-state index contributed by atoms with van der Waals surface area (Å²) in [6.07, 6.45) is 70.4. The second-order valence-corrected chi connectivity index (χ2v) is 18.9. The molecule has 1 unspecified atom stereocenters. The molecule has 6 nitrogen and oxygen atoms in total. The Balaban J connectivity index is 4.41. The van der Waals surface area contributed by atoms with E-state index in [1.165, 1.54) is 148 Å². The fraction of sp³-hybridized carbons (Fsp3) is 0.754. The van der Waals surface area contributed by atoms with E-state index >= 15 is 0 Å². The first-order chi connectivity index (χ1) is 33.0. The zero-order valence-electron chi connectivity index (χ0n) is 44.2. The van der Waals surface area contributed by atoms with E-state index in [9.17, 15) is 14.4 Å².